The van der Waals surface area contributed by atoms with Crippen molar-refractivity contribution in [2.45, 2.75) is 27.7 Å². The largest absolute Gasteiger partial charge is 0.465 e. The second-order valence-electron chi connectivity index (χ2n) is 1.94. The molecule has 3 nitrogen and oxygen atoms in total. The SMILES string of the molecule is C/C=C(N)\C(=C/C)C(=O)OC.CC. The fraction of sp³-hybridized carbons (Fsp3) is 0.500. The van der Waals surface area contributed by atoms with Gasteiger partial charge in [-0.2, -0.15) is 0 Å². The number of methoxy groups -OCH3 is 1. The minimum absolute atomic E-state index is 0.400. The number of esters is 1. The molecule has 0 saturated carbocycles. The average Bonchev–Trinajstić information content (AvgIpc) is 2.21. The molecule has 0 saturated heterocycles. The Hall–Kier alpha value is -1.25. The van der Waals surface area contributed by atoms with E-state index in [0.717, 1.165) is 0 Å². The number of allylic oxidation sites excluding steroid dienone is 2. The smallest absolute Gasteiger partial charge is 0.339 e. The van der Waals surface area contributed by atoms with Gasteiger partial charge in [0.2, 0.25) is 0 Å². The minimum atomic E-state index is -0.400. The van der Waals surface area contributed by atoms with Crippen molar-refractivity contribution >= 4 is 5.97 Å². The van der Waals surface area contributed by atoms with Crippen molar-refractivity contribution in [1.82, 2.24) is 0 Å². The Kier molecular flexibility index (Phi) is 9.72. The van der Waals surface area contributed by atoms with Crippen molar-refractivity contribution in [3.63, 3.8) is 0 Å². The molecule has 0 aromatic carbocycles. The molecular weight excluding hydrogens is 166 g/mol. The molecule has 0 radical (unpaired) electrons. The van der Waals surface area contributed by atoms with Crippen LogP contribution in [0.5, 0.6) is 0 Å². The van der Waals surface area contributed by atoms with E-state index < -0.39 is 5.97 Å². The first kappa shape index (κ1) is 14.3. The van der Waals surface area contributed by atoms with Gasteiger partial charge in [0.1, 0.15) is 0 Å². The summed E-state index contributed by atoms with van der Waals surface area (Å²) in [6.45, 7) is 7.50. The summed E-state index contributed by atoms with van der Waals surface area (Å²) >= 11 is 0. The maximum atomic E-state index is 10.9. The van der Waals surface area contributed by atoms with Crippen molar-refractivity contribution < 1.29 is 9.53 Å². The Balaban J connectivity index is 0. The summed E-state index contributed by atoms with van der Waals surface area (Å²) in [6.07, 6.45) is 3.29. The van der Waals surface area contributed by atoms with Crippen LogP contribution in [0.2, 0.25) is 0 Å². The highest BCUT2D eigenvalue weighted by Gasteiger charge is 2.09. The number of hydrogen-bond donors (Lipinski definition) is 1. The van der Waals surface area contributed by atoms with Crippen LogP contribution in [0.15, 0.2) is 23.4 Å². The zero-order valence-electron chi connectivity index (χ0n) is 9.05. The standard InChI is InChI=1S/C8H13NO2.C2H6/c1-4-6(7(9)5-2)8(10)11-3;1-2/h4-5H,9H2,1-3H3;1-2H3/b6-4+,7-5+;. The van der Waals surface area contributed by atoms with Crippen molar-refractivity contribution in [3.05, 3.63) is 23.4 Å². The van der Waals surface area contributed by atoms with Crippen molar-refractivity contribution in [2.75, 3.05) is 7.11 Å². The van der Waals surface area contributed by atoms with Gasteiger partial charge in [-0.05, 0) is 13.8 Å². The lowest BCUT2D eigenvalue weighted by molar-refractivity contribution is -0.135. The highest BCUT2D eigenvalue weighted by Crippen LogP contribution is 2.04. The topological polar surface area (TPSA) is 52.3 Å². The summed E-state index contributed by atoms with van der Waals surface area (Å²) < 4.78 is 4.50. The van der Waals surface area contributed by atoms with E-state index in [1.165, 1.54) is 7.11 Å². The zero-order chi connectivity index (χ0) is 10.9. The fourth-order valence-electron chi connectivity index (χ4n) is 0.668. The Morgan fingerprint density at radius 2 is 1.69 bits per heavy atom. The van der Waals surface area contributed by atoms with Crippen LogP contribution < -0.4 is 5.73 Å². The van der Waals surface area contributed by atoms with Gasteiger partial charge in [-0.3, -0.25) is 0 Å². The van der Waals surface area contributed by atoms with Crippen molar-refractivity contribution in [3.8, 4) is 0 Å². The predicted octanol–water partition coefficient (Wildman–Crippen LogP) is 1.99. The Bertz CT molecular complexity index is 205. The van der Waals surface area contributed by atoms with Crippen LogP contribution in [0, 0.1) is 0 Å². The van der Waals surface area contributed by atoms with E-state index in [1.807, 2.05) is 13.8 Å². The summed E-state index contributed by atoms with van der Waals surface area (Å²) in [5.41, 5.74) is 6.35. The van der Waals surface area contributed by atoms with Gasteiger partial charge in [0.15, 0.2) is 0 Å². The van der Waals surface area contributed by atoms with Gasteiger partial charge in [-0.1, -0.05) is 26.0 Å². The van der Waals surface area contributed by atoms with Crippen LogP contribution in [0.3, 0.4) is 0 Å². The monoisotopic (exact) mass is 185 g/mol. The summed E-state index contributed by atoms with van der Waals surface area (Å²) in [7, 11) is 1.33. The minimum Gasteiger partial charge on any atom is -0.465 e. The number of ether oxygens (including phenoxy) is 1. The van der Waals surface area contributed by atoms with Crippen LogP contribution in [-0.2, 0) is 9.53 Å². The zero-order valence-corrected chi connectivity index (χ0v) is 9.05. The highest BCUT2D eigenvalue weighted by atomic mass is 16.5. The molecule has 0 spiro atoms. The molecule has 0 atom stereocenters. The molecule has 2 N–H and O–H groups in total. The Morgan fingerprint density at radius 3 is 1.92 bits per heavy atom. The van der Waals surface area contributed by atoms with E-state index in [9.17, 15) is 4.79 Å². The Morgan fingerprint density at radius 1 is 1.23 bits per heavy atom. The predicted molar refractivity (Wildman–Crippen MR) is 55.1 cm³/mol. The van der Waals surface area contributed by atoms with Gasteiger partial charge >= 0.3 is 5.97 Å². The molecule has 13 heavy (non-hydrogen) atoms. The van der Waals surface area contributed by atoms with Gasteiger partial charge in [-0.25, -0.2) is 4.79 Å². The molecule has 0 aliphatic rings. The van der Waals surface area contributed by atoms with Crippen molar-refractivity contribution in [1.29, 1.82) is 0 Å². The van der Waals surface area contributed by atoms with Crippen LogP contribution in [0.25, 0.3) is 0 Å². The molecule has 0 aliphatic heterocycles. The second-order valence-corrected chi connectivity index (χ2v) is 1.94. The molecule has 76 valence electrons. The number of carbonyl (C=O) groups excluding carboxylic acids is 1. The third-order valence-electron chi connectivity index (χ3n) is 1.32. The first-order valence-electron chi connectivity index (χ1n) is 4.34. The van der Waals surface area contributed by atoms with E-state index in [-0.39, 0.29) is 0 Å². The first-order valence-corrected chi connectivity index (χ1v) is 4.34. The molecule has 0 aromatic heterocycles. The number of nitrogens with two attached hydrogens (primary N) is 1. The van der Waals surface area contributed by atoms with E-state index in [4.69, 9.17) is 5.73 Å². The van der Waals surface area contributed by atoms with Crippen LogP contribution in [-0.4, -0.2) is 13.1 Å². The lowest BCUT2D eigenvalue weighted by atomic mass is 10.2. The number of hydrogen-bond acceptors (Lipinski definition) is 3. The quantitative estimate of drug-likeness (QED) is 0.406. The maximum absolute atomic E-state index is 10.9. The van der Waals surface area contributed by atoms with E-state index in [0.29, 0.717) is 11.3 Å². The maximum Gasteiger partial charge on any atom is 0.339 e. The first-order chi connectivity index (χ1) is 6.17. The Labute approximate surface area is 80.3 Å². The molecule has 3 heteroatoms. The van der Waals surface area contributed by atoms with Gasteiger partial charge in [-0.15, -0.1) is 0 Å². The van der Waals surface area contributed by atoms with Crippen LogP contribution in [0.4, 0.5) is 0 Å². The van der Waals surface area contributed by atoms with Gasteiger partial charge in [0, 0.05) is 5.70 Å². The van der Waals surface area contributed by atoms with Gasteiger partial charge in [0.05, 0.1) is 12.7 Å². The molecule has 0 heterocycles. The number of rotatable bonds is 2. The van der Waals surface area contributed by atoms with Gasteiger partial charge in [0.25, 0.3) is 0 Å². The summed E-state index contributed by atoms with van der Waals surface area (Å²) in [5, 5.41) is 0. The molecular formula is C10H19NO2. The highest BCUT2D eigenvalue weighted by molar-refractivity contribution is 5.92. The van der Waals surface area contributed by atoms with E-state index in [2.05, 4.69) is 4.74 Å². The summed E-state index contributed by atoms with van der Waals surface area (Å²) in [5.74, 6) is -0.400. The molecule has 0 rings (SSSR count). The van der Waals surface area contributed by atoms with E-state index >= 15 is 0 Å². The molecule has 0 bridgehead atoms. The molecule has 0 amide bonds. The second kappa shape index (κ2) is 8.84. The normalized spacial score (nSPS) is 11.5. The third-order valence-corrected chi connectivity index (χ3v) is 1.32. The molecule has 0 aliphatic carbocycles. The lowest BCUT2D eigenvalue weighted by Crippen LogP contribution is -2.12. The third kappa shape index (κ3) is 5.06. The molecule has 0 fully saturated rings. The fourth-order valence-corrected chi connectivity index (χ4v) is 0.668. The van der Waals surface area contributed by atoms with Gasteiger partial charge < -0.3 is 10.5 Å². The molecule has 0 unspecified atom stereocenters. The van der Waals surface area contributed by atoms with Crippen LogP contribution >= 0.6 is 0 Å². The molecule has 0 aromatic rings. The number of carbonyl (C=O) groups is 1. The average molecular weight is 185 g/mol. The van der Waals surface area contributed by atoms with Crippen LogP contribution in [0.1, 0.15) is 27.7 Å². The summed E-state index contributed by atoms with van der Waals surface area (Å²) in [4.78, 5) is 10.9. The van der Waals surface area contributed by atoms with E-state index in [1.54, 1.807) is 26.0 Å². The summed E-state index contributed by atoms with van der Waals surface area (Å²) in [6, 6.07) is 0. The lowest BCUT2D eigenvalue weighted by Gasteiger charge is -2.03. The van der Waals surface area contributed by atoms with Crippen molar-refractivity contribution in [2.24, 2.45) is 5.73 Å².